The molecule has 1 aliphatic carbocycles. The van der Waals surface area contributed by atoms with Crippen molar-refractivity contribution in [3.05, 3.63) is 34.6 Å². The minimum atomic E-state index is -0.264. The Morgan fingerprint density at radius 3 is 2.75 bits per heavy atom. The average molecular weight is 298 g/mol. The lowest BCUT2D eigenvalue weighted by molar-refractivity contribution is 0.197. The molecule has 112 valence electrons. The summed E-state index contributed by atoms with van der Waals surface area (Å²) in [5.74, 6) is 0.392. The highest BCUT2D eigenvalue weighted by Crippen LogP contribution is 2.45. The fraction of sp³-hybridized carbons (Fsp3) is 0.647. The molecule has 0 aliphatic heterocycles. The van der Waals surface area contributed by atoms with Crippen LogP contribution in [0, 0.1) is 17.2 Å². The predicted octanol–water partition coefficient (Wildman–Crippen LogP) is 4.83. The van der Waals surface area contributed by atoms with E-state index in [0.29, 0.717) is 22.4 Å². The molecule has 2 atom stereocenters. The van der Waals surface area contributed by atoms with Gasteiger partial charge in [-0.1, -0.05) is 44.9 Å². The summed E-state index contributed by atoms with van der Waals surface area (Å²) < 4.78 is 13.2. The van der Waals surface area contributed by atoms with Crippen molar-refractivity contribution in [1.82, 2.24) is 5.32 Å². The number of benzene rings is 1. The smallest absolute Gasteiger partial charge is 0.124 e. The van der Waals surface area contributed by atoms with Gasteiger partial charge in [0, 0.05) is 11.1 Å². The molecule has 2 unspecified atom stereocenters. The first-order chi connectivity index (χ1) is 9.44. The van der Waals surface area contributed by atoms with E-state index in [1.165, 1.54) is 31.4 Å². The molecule has 1 fully saturated rings. The van der Waals surface area contributed by atoms with E-state index in [-0.39, 0.29) is 5.82 Å². The zero-order valence-corrected chi connectivity index (χ0v) is 13.4. The topological polar surface area (TPSA) is 12.0 Å². The molecule has 0 saturated heterocycles. The van der Waals surface area contributed by atoms with Gasteiger partial charge in [-0.3, -0.25) is 0 Å². The Hall–Kier alpha value is -0.600. The normalized spacial score (nSPS) is 22.9. The fourth-order valence-corrected chi connectivity index (χ4v) is 3.89. The van der Waals surface area contributed by atoms with Crippen molar-refractivity contribution in [2.45, 2.75) is 52.5 Å². The molecule has 1 aromatic carbocycles. The van der Waals surface area contributed by atoms with Crippen LogP contribution in [0.1, 0.15) is 45.6 Å². The summed E-state index contributed by atoms with van der Waals surface area (Å²) in [4.78, 5) is 0. The second-order valence-corrected chi connectivity index (χ2v) is 7.00. The lowest BCUT2D eigenvalue weighted by Gasteiger charge is -2.35. The van der Waals surface area contributed by atoms with E-state index < -0.39 is 0 Å². The first-order valence-corrected chi connectivity index (χ1v) is 7.99. The van der Waals surface area contributed by atoms with Gasteiger partial charge in [-0.05, 0) is 54.8 Å². The van der Waals surface area contributed by atoms with Gasteiger partial charge >= 0.3 is 0 Å². The van der Waals surface area contributed by atoms with Crippen LogP contribution in [0.15, 0.2) is 18.2 Å². The molecule has 0 amide bonds. The van der Waals surface area contributed by atoms with Gasteiger partial charge in [0.1, 0.15) is 5.82 Å². The molecule has 1 aromatic rings. The fourth-order valence-electron chi connectivity index (χ4n) is 3.64. The summed E-state index contributed by atoms with van der Waals surface area (Å²) in [6.07, 6.45) is 4.73. The monoisotopic (exact) mass is 297 g/mol. The van der Waals surface area contributed by atoms with Gasteiger partial charge < -0.3 is 5.32 Å². The first kappa shape index (κ1) is 15.8. The summed E-state index contributed by atoms with van der Waals surface area (Å²) in [5.41, 5.74) is 1.42. The molecule has 0 spiro atoms. The van der Waals surface area contributed by atoms with Crippen molar-refractivity contribution in [2.75, 3.05) is 6.54 Å². The SMILES string of the molecule is CCNC(Cc1ccc(F)cc1Cl)C1CCCC1(C)C. The Labute approximate surface area is 126 Å². The van der Waals surface area contributed by atoms with Gasteiger partial charge in [0.05, 0.1) is 0 Å². The minimum absolute atomic E-state index is 0.264. The Kier molecular flexibility index (Phi) is 5.09. The van der Waals surface area contributed by atoms with Crippen molar-refractivity contribution in [3.63, 3.8) is 0 Å². The molecule has 3 heteroatoms. The maximum absolute atomic E-state index is 13.2. The molecule has 20 heavy (non-hydrogen) atoms. The maximum Gasteiger partial charge on any atom is 0.124 e. The van der Waals surface area contributed by atoms with E-state index in [2.05, 4.69) is 26.1 Å². The zero-order valence-electron chi connectivity index (χ0n) is 12.7. The molecule has 0 heterocycles. The van der Waals surface area contributed by atoms with E-state index >= 15 is 0 Å². The number of rotatable bonds is 5. The second-order valence-electron chi connectivity index (χ2n) is 6.59. The maximum atomic E-state index is 13.2. The number of hydrogen-bond donors (Lipinski definition) is 1. The highest BCUT2D eigenvalue weighted by atomic mass is 35.5. The lowest BCUT2D eigenvalue weighted by Crippen LogP contribution is -2.42. The van der Waals surface area contributed by atoms with Crippen molar-refractivity contribution in [1.29, 1.82) is 0 Å². The quantitative estimate of drug-likeness (QED) is 0.821. The second kappa shape index (κ2) is 6.44. The summed E-state index contributed by atoms with van der Waals surface area (Å²) in [6.45, 7) is 7.82. The van der Waals surface area contributed by atoms with Gasteiger partial charge in [-0.2, -0.15) is 0 Å². The molecule has 1 N–H and O–H groups in total. The van der Waals surface area contributed by atoms with E-state index in [1.807, 2.05) is 6.07 Å². The van der Waals surface area contributed by atoms with Crippen LogP contribution in [0.25, 0.3) is 0 Å². The van der Waals surface area contributed by atoms with Crippen molar-refractivity contribution < 1.29 is 4.39 Å². The Bertz CT molecular complexity index is 458. The third-order valence-corrected chi connectivity index (χ3v) is 5.10. The highest BCUT2D eigenvalue weighted by molar-refractivity contribution is 6.31. The predicted molar refractivity (Wildman–Crippen MR) is 83.7 cm³/mol. The number of halogens is 2. The minimum Gasteiger partial charge on any atom is -0.314 e. The van der Waals surface area contributed by atoms with E-state index in [1.54, 1.807) is 0 Å². The van der Waals surface area contributed by atoms with Crippen molar-refractivity contribution in [3.8, 4) is 0 Å². The third kappa shape index (κ3) is 3.53. The van der Waals surface area contributed by atoms with E-state index in [9.17, 15) is 4.39 Å². The van der Waals surface area contributed by atoms with Crippen LogP contribution >= 0.6 is 11.6 Å². The van der Waals surface area contributed by atoms with Crippen LogP contribution < -0.4 is 5.32 Å². The van der Waals surface area contributed by atoms with Gasteiger partial charge in [-0.25, -0.2) is 4.39 Å². The molecular weight excluding hydrogens is 273 g/mol. The third-order valence-electron chi connectivity index (χ3n) is 4.75. The van der Waals surface area contributed by atoms with E-state index in [0.717, 1.165) is 18.5 Å². The summed E-state index contributed by atoms with van der Waals surface area (Å²) in [5, 5.41) is 4.16. The molecule has 1 nitrogen and oxygen atoms in total. The average Bonchev–Trinajstić information content (AvgIpc) is 2.71. The van der Waals surface area contributed by atoms with Gasteiger partial charge in [-0.15, -0.1) is 0 Å². The molecule has 1 saturated carbocycles. The Morgan fingerprint density at radius 1 is 1.45 bits per heavy atom. The van der Waals surface area contributed by atoms with Crippen LogP contribution in [0.3, 0.4) is 0 Å². The van der Waals surface area contributed by atoms with Gasteiger partial charge in [0.25, 0.3) is 0 Å². The summed E-state index contributed by atoms with van der Waals surface area (Å²) >= 11 is 6.18. The largest absolute Gasteiger partial charge is 0.314 e. The number of nitrogens with one attached hydrogen (secondary N) is 1. The number of likely N-dealkylation sites (N-methyl/N-ethyl adjacent to an activating group) is 1. The Balaban J connectivity index is 2.17. The molecule has 0 bridgehead atoms. The van der Waals surface area contributed by atoms with E-state index in [4.69, 9.17) is 11.6 Å². The Morgan fingerprint density at radius 2 is 2.20 bits per heavy atom. The molecule has 2 rings (SSSR count). The molecular formula is C17H25ClFN. The molecule has 1 aliphatic rings. The highest BCUT2D eigenvalue weighted by Gasteiger charge is 2.39. The zero-order chi connectivity index (χ0) is 14.8. The van der Waals surface area contributed by atoms with Gasteiger partial charge in [0.2, 0.25) is 0 Å². The van der Waals surface area contributed by atoms with Crippen molar-refractivity contribution >= 4 is 11.6 Å². The molecule has 0 aromatic heterocycles. The first-order valence-electron chi connectivity index (χ1n) is 7.61. The van der Waals surface area contributed by atoms with Crippen molar-refractivity contribution in [2.24, 2.45) is 11.3 Å². The summed E-state index contributed by atoms with van der Waals surface area (Å²) in [6, 6.07) is 5.16. The van der Waals surface area contributed by atoms with Gasteiger partial charge in [0.15, 0.2) is 0 Å². The van der Waals surface area contributed by atoms with Crippen LogP contribution in [-0.2, 0) is 6.42 Å². The standard InChI is InChI=1S/C17H25ClFN/c1-4-20-16(14-6-5-9-17(14,2)3)10-12-7-8-13(19)11-15(12)18/h7-8,11,14,16,20H,4-6,9-10H2,1-3H3. The molecule has 0 radical (unpaired) electrons. The lowest BCUT2D eigenvalue weighted by atomic mass is 9.76. The van der Waals surface area contributed by atoms with Crippen LogP contribution in [0.4, 0.5) is 4.39 Å². The van der Waals surface area contributed by atoms with Crippen LogP contribution in [-0.4, -0.2) is 12.6 Å². The van der Waals surface area contributed by atoms with Crippen LogP contribution in [0.2, 0.25) is 5.02 Å². The van der Waals surface area contributed by atoms with Crippen LogP contribution in [0.5, 0.6) is 0 Å². The summed E-state index contributed by atoms with van der Waals surface area (Å²) in [7, 11) is 0. The number of hydrogen-bond acceptors (Lipinski definition) is 1.